The van der Waals surface area contributed by atoms with Gasteiger partial charge in [-0.1, -0.05) is 13.3 Å². The van der Waals surface area contributed by atoms with E-state index in [0.29, 0.717) is 11.6 Å². The number of hydrogen-bond acceptors (Lipinski definition) is 2. The minimum absolute atomic E-state index is 0.333. The fourth-order valence-corrected chi connectivity index (χ4v) is 2.05. The molecular weight excluding hydrogens is 172 g/mol. The molecule has 0 radical (unpaired) electrons. The Hall–Kier alpha value is -0.0800. The van der Waals surface area contributed by atoms with Crippen LogP contribution in [0.4, 0.5) is 0 Å². The highest BCUT2D eigenvalue weighted by Gasteiger charge is 2.29. The van der Waals surface area contributed by atoms with Crippen molar-refractivity contribution in [1.82, 2.24) is 10.2 Å². The van der Waals surface area contributed by atoms with Gasteiger partial charge in [-0.2, -0.15) is 0 Å². The van der Waals surface area contributed by atoms with E-state index < -0.39 is 0 Å². The zero-order valence-corrected chi connectivity index (χ0v) is 10.3. The first-order valence-electron chi connectivity index (χ1n) is 6.04. The van der Waals surface area contributed by atoms with Gasteiger partial charge in [0.25, 0.3) is 0 Å². The molecule has 0 aromatic heterocycles. The molecule has 0 spiro atoms. The zero-order chi connectivity index (χ0) is 10.6. The van der Waals surface area contributed by atoms with Gasteiger partial charge in [-0.25, -0.2) is 0 Å². The SMILES string of the molecule is CCCCN1CCC(C)NCC1(C)C. The first-order valence-corrected chi connectivity index (χ1v) is 6.04. The molecule has 0 bridgehead atoms. The van der Waals surface area contributed by atoms with Crippen LogP contribution in [0.5, 0.6) is 0 Å². The van der Waals surface area contributed by atoms with Crippen LogP contribution in [-0.4, -0.2) is 36.1 Å². The highest BCUT2D eigenvalue weighted by Crippen LogP contribution is 2.18. The molecule has 1 fully saturated rings. The molecule has 1 N–H and O–H groups in total. The second kappa shape index (κ2) is 5.13. The maximum absolute atomic E-state index is 3.60. The second-order valence-corrected chi connectivity index (χ2v) is 5.22. The molecule has 1 heterocycles. The van der Waals surface area contributed by atoms with Crippen LogP contribution in [0.25, 0.3) is 0 Å². The van der Waals surface area contributed by atoms with Gasteiger partial charge in [0.15, 0.2) is 0 Å². The average Bonchev–Trinajstić information content (AvgIpc) is 2.25. The van der Waals surface area contributed by atoms with E-state index in [0.717, 1.165) is 6.54 Å². The Bertz CT molecular complexity index is 166. The number of hydrogen-bond donors (Lipinski definition) is 1. The first-order chi connectivity index (χ1) is 6.56. The molecule has 2 nitrogen and oxygen atoms in total. The highest BCUT2D eigenvalue weighted by molar-refractivity contribution is 4.88. The quantitative estimate of drug-likeness (QED) is 0.748. The van der Waals surface area contributed by atoms with Crippen LogP contribution in [-0.2, 0) is 0 Å². The molecule has 14 heavy (non-hydrogen) atoms. The normalized spacial score (nSPS) is 28.7. The van der Waals surface area contributed by atoms with Crippen LogP contribution >= 0.6 is 0 Å². The van der Waals surface area contributed by atoms with Gasteiger partial charge in [0, 0.05) is 24.7 Å². The molecule has 1 aliphatic rings. The lowest BCUT2D eigenvalue weighted by molar-refractivity contribution is 0.131. The van der Waals surface area contributed by atoms with E-state index in [9.17, 15) is 0 Å². The average molecular weight is 198 g/mol. The molecule has 1 unspecified atom stereocenters. The third kappa shape index (κ3) is 3.25. The molecule has 1 aliphatic heterocycles. The highest BCUT2D eigenvalue weighted by atomic mass is 15.2. The minimum Gasteiger partial charge on any atom is -0.312 e. The van der Waals surface area contributed by atoms with Gasteiger partial charge in [0.1, 0.15) is 0 Å². The summed E-state index contributed by atoms with van der Waals surface area (Å²) in [5.41, 5.74) is 0.333. The standard InChI is InChI=1S/C12H26N2/c1-5-6-8-14-9-7-11(2)13-10-12(14,3)4/h11,13H,5-10H2,1-4H3. The third-order valence-corrected chi connectivity index (χ3v) is 3.35. The van der Waals surface area contributed by atoms with E-state index in [1.807, 2.05) is 0 Å². The molecule has 1 saturated heterocycles. The van der Waals surface area contributed by atoms with Crippen LogP contribution in [0, 0.1) is 0 Å². The summed E-state index contributed by atoms with van der Waals surface area (Å²) in [6.45, 7) is 12.9. The van der Waals surface area contributed by atoms with Crippen molar-refractivity contribution in [3.05, 3.63) is 0 Å². The predicted molar refractivity (Wildman–Crippen MR) is 62.6 cm³/mol. The van der Waals surface area contributed by atoms with E-state index in [1.54, 1.807) is 0 Å². The largest absolute Gasteiger partial charge is 0.312 e. The lowest BCUT2D eigenvalue weighted by Crippen LogP contribution is -2.49. The Labute approximate surface area is 89.1 Å². The van der Waals surface area contributed by atoms with Crippen molar-refractivity contribution in [2.75, 3.05) is 19.6 Å². The summed E-state index contributed by atoms with van der Waals surface area (Å²) < 4.78 is 0. The van der Waals surface area contributed by atoms with Crippen molar-refractivity contribution < 1.29 is 0 Å². The van der Waals surface area contributed by atoms with Gasteiger partial charge in [-0.3, -0.25) is 4.90 Å². The summed E-state index contributed by atoms with van der Waals surface area (Å²) >= 11 is 0. The first kappa shape index (κ1) is 12.0. The lowest BCUT2D eigenvalue weighted by Gasteiger charge is -2.36. The fourth-order valence-electron chi connectivity index (χ4n) is 2.05. The van der Waals surface area contributed by atoms with E-state index in [2.05, 4.69) is 37.9 Å². The lowest BCUT2D eigenvalue weighted by atomic mass is 10.0. The zero-order valence-electron chi connectivity index (χ0n) is 10.3. The predicted octanol–water partition coefficient (Wildman–Crippen LogP) is 2.25. The third-order valence-electron chi connectivity index (χ3n) is 3.35. The van der Waals surface area contributed by atoms with Crippen molar-refractivity contribution >= 4 is 0 Å². The van der Waals surface area contributed by atoms with Crippen molar-refractivity contribution in [2.45, 2.75) is 58.5 Å². The Balaban J connectivity index is 2.51. The van der Waals surface area contributed by atoms with Gasteiger partial charge >= 0.3 is 0 Å². The van der Waals surface area contributed by atoms with Crippen molar-refractivity contribution in [3.63, 3.8) is 0 Å². The van der Waals surface area contributed by atoms with Crippen LogP contribution in [0.2, 0.25) is 0 Å². The Kier molecular flexibility index (Phi) is 4.39. The van der Waals surface area contributed by atoms with Gasteiger partial charge in [0.05, 0.1) is 0 Å². The summed E-state index contributed by atoms with van der Waals surface area (Å²) in [7, 11) is 0. The summed E-state index contributed by atoms with van der Waals surface area (Å²) in [6.07, 6.45) is 3.92. The van der Waals surface area contributed by atoms with Gasteiger partial charge in [0.2, 0.25) is 0 Å². The summed E-state index contributed by atoms with van der Waals surface area (Å²) in [4.78, 5) is 2.65. The molecule has 1 atom stereocenters. The Morgan fingerprint density at radius 2 is 2.14 bits per heavy atom. The molecular formula is C12H26N2. The molecule has 0 saturated carbocycles. The Morgan fingerprint density at radius 3 is 2.79 bits per heavy atom. The number of unbranched alkanes of at least 4 members (excludes halogenated alkanes) is 1. The maximum Gasteiger partial charge on any atom is 0.0277 e. The molecule has 0 aromatic carbocycles. The van der Waals surface area contributed by atoms with Gasteiger partial charge < -0.3 is 5.32 Å². The smallest absolute Gasteiger partial charge is 0.0277 e. The van der Waals surface area contributed by atoms with Gasteiger partial charge in [-0.15, -0.1) is 0 Å². The molecule has 0 amide bonds. The van der Waals surface area contributed by atoms with Crippen molar-refractivity contribution in [2.24, 2.45) is 0 Å². The maximum atomic E-state index is 3.60. The summed E-state index contributed by atoms with van der Waals surface area (Å²) in [6, 6.07) is 0.681. The number of nitrogens with zero attached hydrogens (tertiary/aromatic N) is 1. The molecule has 0 aliphatic carbocycles. The summed E-state index contributed by atoms with van der Waals surface area (Å²) in [5.74, 6) is 0. The monoisotopic (exact) mass is 198 g/mol. The van der Waals surface area contributed by atoms with Crippen LogP contribution in [0.1, 0.15) is 47.0 Å². The van der Waals surface area contributed by atoms with Crippen LogP contribution in [0.15, 0.2) is 0 Å². The molecule has 84 valence electrons. The molecule has 0 aromatic rings. The summed E-state index contributed by atoms with van der Waals surface area (Å²) in [5, 5.41) is 3.60. The topological polar surface area (TPSA) is 15.3 Å². The number of rotatable bonds is 3. The Morgan fingerprint density at radius 1 is 1.43 bits per heavy atom. The van der Waals surface area contributed by atoms with Gasteiger partial charge in [-0.05, 0) is 40.2 Å². The van der Waals surface area contributed by atoms with E-state index in [-0.39, 0.29) is 0 Å². The van der Waals surface area contributed by atoms with E-state index >= 15 is 0 Å². The minimum atomic E-state index is 0.333. The number of nitrogens with one attached hydrogen (secondary N) is 1. The second-order valence-electron chi connectivity index (χ2n) is 5.22. The molecule has 2 heteroatoms. The fraction of sp³-hybridized carbons (Fsp3) is 1.00. The van der Waals surface area contributed by atoms with Crippen molar-refractivity contribution in [1.29, 1.82) is 0 Å². The van der Waals surface area contributed by atoms with Crippen LogP contribution < -0.4 is 5.32 Å². The molecule has 1 rings (SSSR count). The van der Waals surface area contributed by atoms with E-state index in [4.69, 9.17) is 0 Å². The van der Waals surface area contributed by atoms with E-state index in [1.165, 1.54) is 32.4 Å². The van der Waals surface area contributed by atoms with Crippen molar-refractivity contribution in [3.8, 4) is 0 Å². The van der Waals surface area contributed by atoms with Crippen LogP contribution in [0.3, 0.4) is 0 Å².